The fraction of sp³-hybridized carbons (Fsp3) is 0.300. The van der Waals surface area contributed by atoms with Gasteiger partial charge in [-0.2, -0.15) is 5.10 Å². The Labute approximate surface area is 163 Å². The van der Waals surface area contributed by atoms with Crippen molar-refractivity contribution < 1.29 is 14.3 Å². The number of nitrogens with zero attached hydrogens (tertiary/aromatic N) is 1. The predicted molar refractivity (Wildman–Crippen MR) is 109 cm³/mol. The number of rotatable bonds is 7. The number of Topliss-reactive ketones (excluding diaryl/α,β-unsaturated/α-hetero) is 1. The van der Waals surface area contributed by atoms with Crippen LogP contribution in [-0.4, -0.2) is 36.2 Å². The highest BCUT2D eigenvalue weighted by Crippen LogP contribution is 2.30. The van der Waals surface area contributed by atoms with E-state index < -0.39 is 0 Å². The molecule has 3 rings (SSSR count). The molecule has 0 aromatic heterocycles. The highest BCUT2D eigenvalue weighted by molar-refractivity contribution is 7.80. The molecular weight excluding hydrogens is 362 g/mol. The molecule has 0 saturated heterocycles. The average molecular weight is 383 g/mol. The second-order valence-corrected chi connectivity index (χ2v) is 6.66. The van der Waals surface area contributed by atoms with E-state index in [-0.39, 0.29) is 11.8 Å². The van der Waals surface area contributed by atoms with Crippen molar-refractivity contribution in [2.45, 2.75) is 25.7 Å². The molecule has 140 valence electrons. The Morgan fingerprint density at radius 1 is 1.11 bits per heavy atom. The fourth-order valence-electron chi connectivity index (χ4n) is 3.11. The minimum absolute atomic E-state index is 0.0973. The van der Waals surface area contributed by atoms with Crippen LogP contribution in [0.5, 0.6) is 0 Å². The Kier molecular flexibility index (Phi) is 6.13. The van der Waals surface area contributed by atoms with Crippen LogP contribution in [0, 0.1) is 0 Å². The molecule has 0 bridgehead atoms. The lowest BCUT2D eigenvalue weighted by atomic mass is 10.1. The van der Waals surface area contributed by atoms with Crippen molar-refractivity contribution in [2.75, 3.05) is 13.7 Å². The summed E-state index contributed by atoms with van der Waals surface area (Å²) in [5.74, 6) is -0.284. The number of ether oxygens (including phenoxy) is 1. The van der Waals surface area contributed by atoms with E-state index in [0.717, 1.165) is 35.6 Å². The van der Waals surface area contributed by atoms with Crippen LogP contribution in [0.3, 0.4) is 0 Å². The van der Waals surface area contributed by atoms with E-state index in [1.54, 1.807) is 0 Å². The smallest absolute Gasteiger partial charge is 0.305 e. The molecule has 27 heavy (non-hydrogen) atoms. The number of carbonyl (C=O) groups excluding carboxylic acids is 2. The van der Waals surface area contributed by atoms with Crippen molar-refractivity contribution in [3.8, 4) is 0 Å². The summed E-state index contributed by atoms with van der Waals surface area (Å²) in [6, 6.07) is 11.5. The van der Waals surface area contributed by atoms with Crippen LogP contribution in [0.25, 0.3) is 10.8 Å². The van der Waals surface area contributed by atoms with Crippen LogP contribution in [-0.2, 0) is 9.53 Å². The lowest BCUT2D eigenvalue weighted by Gasteiger charge is -2.07. The van der Waals surface area contributed by atoms with Crippen molar-refractivity contribution in [3.63, 3.8) is 0 Å². The minimum Gasteiger partial charge on any atom is -0.469 e. The summed E-state index contributed by atoms with van der Waals surface area (Å²) in [6.07, 6.45) is 2.99. The Morgan fingerprint density at radius 3 is 2.59 bits per heavy atom. The number of hydrogen-bond acceptors (Lipinski definition) is 5. The first kappa shape index (κ1) is 19.0. The zero-order valence-electron chi connectivity index (χ0n) is 15.1. The molecular formula is C20H21N3O3S. The first-order chi connectivity index (χ1) is 13.1. The molecule has 0 spiro atoms. The van der Waals surface area contributed by atoms with Gasteiger partial charge in [0.2, 0.25) is 5.78 Å². The van der Waals surface area contributed by atoms with Gasteiger partial charge >= 0.3 is 5.97 Å². The van der Waals surface area contributed by atoms with Gasteiger partial charge in [0.1, 0.15) is 5.71 Å². The van der Waals surface area contributed by atoms with Crippen LogP contribution in [0.1, 0.15) is 41.6 Å². The first-order valence-electron chi connectivity index (χ1n) is 8.87. The minimum atomic E-state index is -0.187. The van der Waals surface area contributed by atoms with E-state index in [9.17, 15) is 9.59 Å². The number of unbranched alkanes of at least 4 members (excludes halogenated alkanes) is 2. The van der Waals surface area contributed by atoms with Crippen LogP contribution in [0.2, 0.25) is 0 Å². The summed E-state index contributed by atoms with van der Waals surface area (Å²) in [7, 11) is 1.39. The monoisotopic (exact) mass is 383 g/mol. The number of hydrogen-bond donors (Lipinski definition) is 2. The van der Waals surface area contributed by atoms with E-state index in [2.05, 4.69) is 20.6 Å². The number of hydrazone groups is 1. The summed E-state index contributed by atoms with van der Waals surface area (Å²) in [5, 5.41) is 9.63. The number of thiocarbonyl (C=S) groups is 1. The summed E-state index contributed by atoms with van der Waals surface area (Å²) >= 11 is 5.22. The highest BCUT2D eigenvalue weighted by Gasteiger charge is 2.28. The Morgan fingerprint density at radius 2 is 1.85 bits per heavy atom. The largest absolute Gasteiger partial charge is 0.469 e. The van der Waals surface area contributed by atoms with Crippen LogP contribution in [0.4, 0.5) is 0 Å². The summed E-state index contributed by atoms with van der Waals surface area (Å²) in [6.45, 7) is 0.668. The fourth-order valence-corrected chi connectivity index (χ4v) is 3.26. The predicted octanol–water partition coefficient (Wildman–Crippen LogP) is 2.94. The Balaban J connectivity index is 1.52. The molecule has 0 amide bonds. The molecule has 1 aliphatic carbocycles. The van der Waals surface area contributed by atoms with Gasteiger partial charge < -0.3 is 10.1 Å². The third-order valence-corrected chi connectivity index (χ3v) is 4.70. The number of methoxy groups -OCH3 is 1. The Bertz CT molecular complexity index is 919. The van der Waals surface area contributed by atoms with E-state index in [0.29, 0.717) is 29.4 Å². The van der Waals surface area contributed by atoms with E-state index in [4.69, 9.17) is 12.2 Å². The third-order valence-electron chi connectivity index (χ3n) is 4.46. The molecule has 2 aromatic rings. The zero-order chi connectivity index (χ0) is 19.2. The van der Waals surface area contributed by atoms with Crippen molar-refractivity contribution in [2.24, 2.45) is 5.10 Å². The molecule has 6 nitrogen and oxygen atoms in total. The standard InChI is InChI=1S/C20H21N3O3S/c1-26-16(24)11-3-2-4-12-21-20(27)23-22-18-14-9-5-7-13-8-6-10-15(17(13)14)19(18)25/h5-10H,2-4,11-12H2,1H3,(H2,21,23,27)/b22-18-. The second-order valence-electron chi connectivity index (χ2n) is 6.25. The van der Waals surface area contributed by atoms with Crippen molar-refractivity contribution >= 4 is 45.6 Å². The maximum atomic E-state index is 12.6. The van der Waals surface area contributed by atoms with Gasteiger partial charge in [0.25, 0.3) is 0 Å². The van der Waals surface area contributed by atoms with Crippen LogP contribution >= 0.6 is 12.2 Å². The van der Waals surface area contributed by atoms with Gasteiger partial charge in [-0.1, -0.05) is 42.8 Å². The van der Waals surface area contributed by atoms with E-state index in [1.807, 2.05) is 36.4 Å². The van der Waals surface area contributed by atoms with Crippen LogP contribution in [0.15, 0.2) is 41.5 Å². The number of carbonyl (C=O) groups is 2. The SMILES string of the molecule is COC(=O)CCCCCNC(=S)N/N=C1\C(=O)c2cccc3cccc1c23. The molecule has 0 radical (unpaired) electrons. The van der Waals surface area contributed by atoms with Gasteiger partial charge in [-0.3, -0.25) is 15.0 Å². The van der Waals surface area contributed by atoms with Gasteiger partial charge in [0, 0.05) is 29.5 Å². The molecule has 0 aliphatic heterocycles. The molecule has 2 N–H and O–H groups in total. The lowest BCUT2D eigenvalue weighted by Crippen LogP contribution is -2.33. The highest BCUT2D eigenvalue weighted by atomic mass is 32.1. The van der Waals surface area contributed by atoms with Crippen LogP contribution < -0.4 is 10.7 Å². The third kappa shape index (κ3) is 4.31. The van der Waals surface area contributed by atoms with Crippen molar-refractivity contribution in [1.29, 1.82) is 0 Å². The quantitative estimate of drug-likeness (QED) is 0.331. The number of nitrogens with one attached hydrogen (secondary N) is 2. The zero-order valence-corrected chi connectivity index (χ0v) is 15.9. The van der Waals surface area contributed by atoms with E-state index in [1.165, 1.54) is 7.11 Å². The average Bonchev–Trinajstić information content (AvgIpc) is 2.96. The molecule has 0 unspecified atom stereocenters. The van der Waals surface area contributed by atoms with E-state index >= 15 is 0 Å². The molecule has 1 aliphatic rings. The molecule has 0 saturated carbocycles. The number of benzene rings is 2. The van der Waals surface area contributed by atoms with Gasteiger partial charge in [0.05, 0.1) is 7.11 Å². The summed E-state index contributed by atoms with van der Waals surface area (Å²) in [5.41, 5.74) is 4.64. The topological polar surface area (TPSA) is 79.8 Å². The first-order valence-corrected chi connectivity index (χ1v) is 9.28. The molecule has 0 heterocycles. The molecule has 0 fully saturated rings. The summed E-state index contributed by atoms with van der Waals surface area (Å²) in [4.78, 5) is 23.7. The van der Waals surface area contributed by atoms with Gasteiger partial charge in [-0.25, -0.2) is 0 Å². The molecule has 2 aromatic carbocycles. The van der Waals surface area contributed by atoms with Gasteiger partial charge in [0.15, 0.2) is 5.11 Å². The van der Waals surface area contributed by atoms with Gasteiger partial charge in [-0.15, -0.1) is 0 Å². The van der Waals surface area contributed by atoms with Crippen molar-refractivity contribution in [3.05, 3.63) is 47.5 Å². The van der Waals surface area contributed by atoms with Crippen molar-refractivity contribution in [1.82, 2.24) is 10.7 Å². The molecule has 0 atom stereocenters. The Hall–Kier alpha value is -2.80. The van der Waals surface area contributed by atoms with Gasteiger partial charge in [-0.05, 0) is 30.4 Å². The normalized spacial score (nSPS) is 13.8. The number of ketones is 1. The maximum absolute atomic E-state index is 12.6. The maximum Gasteiger partial charge on any atom is 0.305 e. The molecule has 7 heteroatoms. The lowest BCUT2D eigenvalue weighted by molar-refractivity contribution is -0.140. The second kappa shape index (κ2) is 8.73. The summed E-state index contributed by atoms with van der Waals surface area (Å²) < 4.78 is 4.60. The number of esters is 1.